The van der Waals surface area contributed by atoms with E-state index in [1.54, 1.807) is 0 Å². The number of benzene rings is 1. The molecule has 0 spiro atoms. The molecule has 124 valence electrons. The van der Waals surface area contributed by atoms with Crippen LogP contribution in [0.1, 0.15) is 32.6 Å². The Balaban J connectivity index is 0.00000242. The van der Waals surface area contributed by atoms with Crippen molar-refractivity contribution in [3.8, 4) is 5.75 Å². The summed E-state index contributed by atoms with van der Waals surface area (Å²) in [6, 6.07) is 7.48. The fourth-order valence-electron chi connectivity index (χ4n) is 2.17. The van der Waals surface area contributed by atoms with Gasteiger partial charge in [-0.3, -0.25) is 0 Å². The molecule has 1 aliphatic rings. The van der Waals surface area contributed by atoms with Crippen molar-refractivity contribution in [3.63, 3.8) is 0 Å². The van der Waals surface area contributed by atoms with E-state index in [2.05, 4.69) is 17.2 Å². The standard InChI is InChI=1S/C16H24ClN3O.HI/c1-2-13(21-15-9-4-3-8-14(15)17)11-20-16(18)19-10-12-6-5-7-12;/h3-4,8-9,12-13H,2,5-7,10-11H2,1H3,(H3,18,19,20);1H. The van der Waals surface area contributed by atoms with Gasteiger partial charge in [0.25, 0.3) is 0 Å². The van der Waals surface area contributed by atoms with Gasteiger partial charge in [0, 0.05) is 6.54 Å². The molecule has 0 amide bonds. The summed E-state index contributed by atoms with van der Waals surface area (Å²) >= 11 is 6.10. The topological polar surface area (TPSA) is 59.6 Å². The summed E-state index contributed by atoms with van der Waals surface area (Å²) in [5, 5.41) is 3.81. The van der Waals surface area contributed by atoms with Crippen LogP contribution < -0.4 is 15.8 Å². The Morgan fingerprint density at radius 1 is 1.45 bits per heavy atom. The van der Waals surface area contributed by atoms with Gasteiger partial charge in [-0.1, -0.05) is 37.1 Å². The normalized spacial score (nSPS) is 16.4. The number of hydrogen-bond donors (Lipinski definition) is 2. The molecule has 4 nitrogen and oxygen atoms in total. The molecule has 1 saturated carbocycles. The smallest absolute Gasteiger partial charge is 0.188 e. The average molecular weight is 438 g/mol. The van der Waals surface area contributed by atoms with Gasteiger partial charge in [-0.25, -0.2) is 4.99 Å². The van der Waals surface area contributed by atoms with Crippen LogP contribution in [-0.4, -0.2) is 25.2 Å². The van der Waals surface area contributed by atoms with Gasteiger partial charge in [-0.15, -0.1) is 24.0 Å². The second kappa shape index (κ2) is 10.2. The quantitative estimate of drug-likeness (QED) is 0.387. The number of aliphatic imine (C=N–C) groups is 1. The first-order chi connectivity index (χ1) is 10.2. The molecule has 1 aromatic rings. The van der Waals surface area contributed by atoms with Crippen LogP contribution in [0.2, 0.25) is 5.02 Å². The number of ether oxygens (including phenoxy) is 1. The summed E-state index contributed by atoms with van der Waals surface area (Å²) in [7, 11) is 0. The molecular weight excluding hydrogens is 413 g/mol. The molecule has 2 rings (SSSR count). The summed E-state index contributed by atoms with van der Waals surface area (Å²) in [6.07, 6.45) is 4.77. The zero-order chi connectivity index (χ0) is 15.1. The summed E-state index contributed by atoms with van der Waals surface area (Å²) in [6.45, 7) is 3.53. The highest BCUT2D eigenvalue weighted by atomic mass is 127. The predicted octanol–water partition coefficient (Wildman–Crippen LogP) is 3.82. The summed E-state index contributed by atoms with van der Waals surface area (Å²) in [5.41, 5.74) is 5.88. The van der Waals surface area contributed by atoms with Crippen molar-refractivity contribution >= 4 is 41.5 Å². The minimum Gasteiger partial charge on any atom is -0.487 e. The van der Waals surface area contributed by atoms with E-state index >= 15 is 0 Å². The molecule has 6 heteroatoms. The lowest BCUT2D eigenvalue weighted by atomic mass is 9.85. The third-order valence-electron chi connectivity index (χ3n) is 3.85. The van der Waals surface area contributed by atoms with Gasteiger partial charge in [-0.05, 0) is 37.3 Å². The van der Waals surface area contributed by atoms with E-state index in [1.807, 2.05) is 24.3 Å². The van der Waals surface area contributed by atoms with Crippen molar-refractivity contribution in [3.05, 3.63) is 29.3 Å². The Kier molecular flexibility index (Phi) is 8.93. The minimum atomic E-state index is -0.0195. The lowest BCUT2D eigenvalue weighted by molar-refractivity contribution is 0.206. The van der Waals surface area contributed by atoms with Crippen LogP contribution in [0.15, 0.2) is 29.3 Å². The van der Waals surface area contributed by atoms with E-state index in [0.717, 1.165) is 18.9 Å². The SMILES string of the molecule is CCC(CN=C(N)NCC1CCC1)Oc1ccccc1Cl.I. The van der Waals surface area contributed by atoms with Crippen molar-refractivity contribution in [1.82, 2.24) is 5.32 Å². The number of nitrogens with zero attached hydrogens (tertiary/aromatic N) is 1. The molecule has 1 unspecified atom stereocenters. The molecule has 0 saturated heterocycles. The third-order valence-corrected chi connectivity index (χ3v) is 4.16. The second-order valence-corrected chi connectivity index (χ2v) is 5.89. The summed E-state index contributed by atoms with van der Waals surface area (Å²) < 4.78 is 5.88. The van der Waals surface area contributed by atoms with E-state index in [4.69, 9.17) is 22.1 Å². The lowest BCUT2D eigenvalue weighted by Crippen LogP contribution is -2.38. The van der Waals surface area contributed by atoms with Crippen molar-refractivity contribution in [1.29, 1.82) is 0 Å². The molecule has 0 radical (unpaired) electrons. The highest BCUT2D eigenvalue weighted by molar-refractivity contribution is 14.0. The van der Waals surface area contributed by atoms with Crippen molar-refractivity contribution < 1.29 is 4.74 Å². The Hall–Kier alpha value is -0.690. The van der Waals surface area contributed by atoms with Crippen molar-refractivity contribution in [2.45, 2.75) is 38.7 Å². The molecule has 0 heterocycles. The minimum absolute atomic E-state index is 0. The molecule has 1 fully saturated rings. The summed E-state index contributed by atoms with van der Waals surface area (Å²) in [4.78, 5) is 4.37. The molecule has 0 bridgehead atoms. The Morgan fingerprint density at radius 3 is 2.77 bits per heavy atom. The van der Waals surface area contributed by atoms with Crippen LogP contribution in [0.5, 0.6) is 5.75 Å². The van der Waals surface area contributed by atoms with E-state index in [0.29, 0.717) is 23.3 Å². The maximum Gasteiger partial charge on any atom is 0.188 e. The van der Waals surface area contributed by atoms with Gasteiger partial charge in [0.1, 0.15) is 11.9 Å². The maximum atomic E-state index is 6.10. The van der Waals surface area contributed by atoms with Crippen LogP contribution in [0, 0.1) is 5.92 Å². The van der Waals surface area contributed by atoms with Crippen molar-refractivity contribution in [2.24, 2.45) is 16.6 Å². The lowest BCUT2D eigenvalue weighted by Gasteiger charge is -2.25. The number of nitrogens with two attached hydrogens (primary N) is 1. The maximum absolute atomic E-state index is 6.10. The molecule has 1 aromatic carbocycles. The molecule has 22 heavy (non-hydrogen) atoms. The zero-order valence-corrected chi connectivity index (χ0v) is 16.0. The number of halogens is 2. The molecule has 0 aromatic heterocycles. The predicted molar refractivity (Wildman–Crippen MR) is 103 cm³/mol. The first-order valence-electron chi connectivity index (χ1n) is 7.64. The highest BCUT2D eigenvalue weighted by Gasteiger charge is 2.17. The van der Waals surface area contributed by atoms with Crippen LogP contribution >= 0.6 is 35.6 Å². The van der Waals surface area contributed by atoms with E-state index in [9.17, 15) is 0 Å². The van der Waals surface area contributed by atoms with Gasteiger partial charge >= 0.3 is 0 Å². The van der Waals surface area contributed by atoms with Gasteiger partial charge in [0.2, 0.25) is 0 Å². The van der Waals surface area contributed by atoms with Crippen LogP contribution in [0.4, 0.5) is 0 Å². The van der Waals surface area contributed by atoms with E-state index in [1.165, 1.54) is 19.3 Å². The first-order valence-corrected chi connectivity index (χ1v) is 8.01. The second-order valence-electron chi connectivity index (χ2n) is 5.48. The molecule has 0 aliphatic heterocycles. The fourth-order valence-corrected chi connectivity index (χ4v) is 2.35. The molecule has 1 atom stereocenters. The monoisotopic (exact) mass is 437 g/mol. The average Bonchev–Trinajstić information content (AvgIpc) is 2.43. The largest absolute Gasteiger partial charge is 0.487 e. The summed E-state index contributed by atoms with van der Waals surface area (Å²) in [5.74, 6) is 1.96. The number of hydrogen-bond acceptors (Lipinski definition) is 2. The van der Waals surface area contributed by atoms with Gasteiger partial charge < -0.3 is 15.8 Å². The number of para-hydroxylation sites is 1. The fraction of sp³-hybridized carbons (Fsp3) is 0.562. The first kappa shape index (κ1) is 19.4. The third kappa shape index (κ3) is 6.20. The number of guanidine groups is 1. The number of rotatable bonds is 7. The van der Waals surface area contributed by atoms with Crippen LogP contribution in [0.3, 0.4) is 0 Å². The van der Waals surface area contributed by atoms with Gasteiger partial charge in [0.15, 0.2) is 5.96 Å². The van der Waals surface area contributed by atoms with Crippen LogP contribution in [-0.2, 0) is 0 Å². The number of nitrogens with one attached hydrogen (secondary N) is 1. The van der Waals surface area contributed by atoms with Gasteiger partial charge in [-0.2, -0.15) is 0 Å². The zero-order valence-electron chi connectivity index (χ0n) is 12.9. The molecule has 3 N–H and O–H groups in total. The Morgan fingerprint density at radius 2 is 2.18 bits per heavy atom. The van der Waals surface area contributed by atoms with Crippen molar-refractivity contribution in [2.75, 3.05) is 13.1 Å². The Bertz CT molecular complexity index is 480. The van der Waals surface area contributed by atoms with E-state index in [-0.39, 0.29) is 30.1 Å². The molecular formula is C16H25ClIN3O. The molecule has 1 aliphatic carbocycles. The van der Waals surface area contributed by atoms with Crippen LogP contribution in [0.25, 0.3) is 0 Å². The highest BCUT2D eigenvalue weighted by Crippen LogP contribution is 2.25. The Labute approximate surface area is 154 Å². The van der Waals surface area contributed by atoms with Gasteiger partial charge in [0.05, 0.1) is 11.6 Å². The van der Waals surface area contributed by atoms with E-state index < -0.39 is 0 Å².